The van der Waals surface area contributed by atoms with E-state index in [-0.39, 0.29) is 36.2 Å². The Morgan fingerprint density at radius 1 is 0.909 bits per heavy atom. The Labute approximate surface area is 254 Å². The topological polar surface area (TPSA) is 113 Å². The fourth-order valence-electron chi connectivity index (χ4n) is 7.49. The number of likely N-dealkylation sites (tertiary alicyclic amines) is 1. The van der Waals surface area contributed by atoms with Gasteiger partial charge in [-0.15, -0.1) is 0 Å². The van der Waals surface area contributed by atoms with Crippen molar-refractivity contribution in [3.8, 4) is 11.5 Å². The first-order valence-corrected chi connectivity index (χ1v) is 15.1. The third-order valence-corrected chi connectivity index (χ3v) is 9.37. The highest BCUT2D eigenvalue weighted by molar-refractivity contribution is 6.18. The summed E-state index contributed by atoms with van der Waals surface area (Å²) in [6.07, 6.45) is 0.480. The van der Waals surface area contributed by atoms with E-state index >= 15 is 0 Å². The van der Waals surface area contributed by atoms with E-state index in [0.29, 0.717) is 58.8 Å². The molecule has 1 N–H and O–H groups in total. The van der Waals surface area contributed by atoms with Crippen LogP contribution in [0.1, 0.15) is 56.9 Å². The average molecular weight is 598 g/mol. The van der Waals surface area contributed by atoms with Gasteiger partial charge < -0.3 is 29.2 Å². The number of para-hydroxylation sites is 1. The molecule has 5 heterocycles. The van der Waals surface area contributed by atoms with Gasteiger partial charge in [-0.2, -0.15) is 0 Å². The van der Waals surface area contributed by atoms with Gasteiger partial charge in [-0.05, 0) is 36.6 Å². The highest BCUT2D eigenvalue weighted by Crippen LogP contribution is 2.49. The zero-order chi connectivity index (χ0) is 30.5. The van der Waals surface area contributed by atoms with Gasteiger partial charge in [-0.1, -0.05) is 24.3 Å². The molecule has 3 aromatic rings. The second-order valence-corrected chi connectivity index (χ2v) is 11.9. The molecule has 228 valence electrons. The van der Waals surface area contributed by atoms with Crippen molar-refractivity contribution in [3.05, 3.63) is 87.3 Å². The molecular weight excluding hydrogens is 562 g/mol. The van der Waals surface area contributed by atoms with Crippen LogP contribution in [0.15, 0.2) is 59.4 Å². The summed E-state index contributed by atoms with van der Waals surface area (Å²) < 4.78 is 12.9. The Bertz CT molecular complexity index is 1720. The van der Waals surface area contributed by atoms with Crippen LogP contribution in [0.5, 0.6) is 11.5 Å². The number of nitrogens with one attached hydrogen (secondary N) is 1. The monoisotopic (exact) mass is 597 g/mol. The number of pyridine rings is 1. The van der Waals surface area contributed by atoms with Gasteiger partial charge in [0.25, 0.3) is 17.4 Å². The van der Waals surface area contributed by atoms with E-state index in [4.69, 9.17) is 9.47 Å². The van der Waals surface area contributed by atoms with Crippen LogP contribution < -0.4 is 25.2 Å². The van der Waals surface area contributed by atoms with Gasteiger partial charge in [-0.3, -0.25) is 24.1 Å². The maximum atomic E-state index is 13.8. The minimum Gasteiger partial charge on any atom is -0.493 e. The number of piperidine rings is 1. The number of carbonyl (C=O) groups excluding carboxylic acids is 3. The Kier molecular flexibility index (Phi) is 7.12. The molecule has 44 heavy (non-hydrogen) atoms. The largest absolute Gasteiger partial charge is 0.493 e. The van der Waals surface area contributed by atoms with Crippen molar-refractivity contribution in [1.82, 2.24) is 19.7 Å². The van der Waals surface area contributed by atoms with Crippen molar-refractivity contribution in [2.24, 2.45) is 5.92 Å². The number of benzene rings is 2. The molecule has 4 aliphatic heterocycles. The number of ether oxygens (including phenoxy) is 2. The van der Waals surface area contributed by atoms with E-state index in [2.05, 4.69) is 16.3 Å². The van der Waals surface area contributed by atoms with Gasteiger partial charge in [0.1, 0.15) is 6.17 Å². The minimum absolute atomic E-state index is 0.0704. The number of amides is 3. The second kappa shape index (κ2) is 11.1. The van der Waals surface area contributed by atoms with E-state index in [1.165, 1.54) is 14.2 Å². The standard InChI is InChI=1S/C33H35N5O6/c1-43-26-11-10-23-29(30(26)44-2)33(42)38-25-7-4-3-6-22(25)32(41)36(31(23)38)14-12-27(39)34-13-15-35-17-20-16-21(19-35)24-8-5-9-28(40)37(24)18-20/h3-11,20-21,31H,12-19H2,1-2H3,(H,34,39). The summed E-state index contributed by atoms with van der Waals surface area (Å²) in [7, 11) is 3.00. The van der Waals surface area contributed by atoms with Crippen LogP contribution in [-0.2, 0) is 11.3 Å². The molecule has 0 spiro atoms. The molecular formula is C33H35N5O6. The van der Waals surface area contributed by atoms with Crippen LogP contribution in [0.2, 0.25) is 0 Å². The number of hydrogen-bond donors (Lipinski definition) is 1. The smallest absolute Gasteiger partial charge is 0.264 e. The van der Waals surface area contributed by atoms with Gasteiger partial charge in [0.05, 0.1) is 31.0 Å². The van der Waals surface area contributed by atoms with Crippen LogP contribution in [0.25, 0.3) is 0 Å². The van der Waals surface area contributed by atoms with Gasteiger partial charge in [0.15, 0.2) is 11.5 Å². The number of fused-ring (bicyclic) bond motifs is 9. The number of hydrogen-bond acceptors (Lipinski definition) is 7. The minimum atomic E-state index is -0.698. The van der Waals surface area contributed by atoms with E-state index in [9.17, 15) is 19.2 Å². The molecule has 1 aromatic heterocycles. The predicted octanol–water partition coefficient (Wildman–Crippen LogP) is 2.61. The van der Waals surface area contributed by atoms with Crippen LogP contribution in [-0.4, -0.2) is 79.0 Å². The van der Waals surface area contributed by atoms with Crippen molar-refractivity contribution >= 4 is 23.4 Å². The molecule has 1 saturated heterocycles. The first kappa shape index (κ1) is 28.1. The van der Waals surface area contributed by atoms with E-state index in [1.54, 1.807) is 52.3 Å². The van der Waals surface area contributed by atoms with Gasteiger partial charge in [0.2, 0.25) is 5.91 Å². The Morgan fingerprint density at radius 3 is 2.57 bits per heavy atom. The molecule has 2 bridgehead atoms. The van der Waals surface area contributed by atoms with Crippen LogP contribution in [0, 0.1) is 5.92 Å². The highest BCUT2D eigenvalue weighted by atomic mass is 16.5. The van der Waals surface area contributed by atoms with E-state index in [1.807, 2.05) is 10.6 Å². The zero-order valence-corrected chi connectivity index (χ0v) is 24.8. The quantitative estimate of drug-likeness (QED) is 0.425. The molecule has 2 aromatic carbocycles. The molecule has 0 radical (unpaired) electrons. The predicted molar refractivity (Wildman–Crippen MR) is 162 cm³/mol. The van der Waals surface area contributed by atoms with Crippen molar-refractivity contribution in [1.29, 1.82) is 0 Å². The second-order valence-electron chi connectivity index (χ2n) is 11.9. The van der Waals surface area contributed by atoms with Crippen molar-refractivity contribution in [3.63, 3.8) is 0 Å². The summed E-state index contributed by atoms with van der Waals surface area (Å²) in [5.41, 5.74) is 3.11. The molecule has 3 atom stereocenters. The number of nitrogens with zero attached hydrogens (tertiary/aromatic N) is 4. The first-order chi connectivity index (χ1) is 21.4. The molecule has 3 unspecified atom stereocenters. The van der Waals surface area contributed by atoms with Crippen molar-refractivity contribution in [2.75, 3.05) is 51.8 Å². The molecule has 4 aliphatic rings. The normalized spacial score (nSPS) is 21.7. The van der Waals surface area contributed by atoms with Crippen molar-refractivity contribution < 1.29 is 23.9 Å². The first-order valence-electron chi connectivity index (χ1n) is 15.1. The summed E-state index contributed by atoms with van der Waals surface area (Å²) in [4.78, 5) is 58.5. The Hall–Kier alpha value is -4.64. The lowest BCUT2D eigenvalue weighted by molar-refractivity contribution is -0.121. The highest BCUT2D eigenvalue weighted by Gasteiger charge is 2.49. The van der Waals surface area contributed by atoms with Crippen LogP contribution >= 0.6 is 0 Å². The summed E-state index contributed by atoms with van der Waals surface area (Å²) in [6.45, 7) is 3.84. The summed E-state index contributed by atoms with van der Waals surface area (Å²) in [5.74, 6) is 0.819. The number of aromatic nitrogens is 1. The van der Waals surface area contributed by atoms with Gasteiger partial charge in [0, 0.05) is 68.9 Å². The van der Waals surface area contributed by atoms with Crippen LogP contribution in [0.3, 0.4) is 0 Å². The van der Waals surface area contributed by atoms with Gasteiger partial charge in [-0.25, -0.2) is 0 Å². The fourth-order valence-corrected chi connectivity index (χ4v) is 7.49. The molecule has 0 aliphatic carbocycles. The van der Waals surface area contributed by atoms with E-state index in [0.717, 1.165) is 31.7 Å². The Balaban J connectivity index is 1.03. The molecule has 7 rings (SSSR count). The lowest BCUT2D eigenvalue weighted by Gasteiger charge is -2.42. The third-order valence-electron chi connectivity index (χ3n) is 9.37. The number of carbonyl (C=O) groups is 3. The van der Waals surface area contributed by atoms with Crippen LogP contribution in [0.4, 0.5) is 5.69 Å². The Morgan fingerprint density at radius 2 is 1.75 bits per heavy atom. The third kappa shape index (κ3) is 4.54. The summed E-state index contributed by atoms with van der Waals surface area (Å²) in [5, 5.41) is 3.03. The lowest BCUT2D eigenvalue weighted by atomic mass is 9.83. The summed E-state index contributed by atoms with van der Waals surface area (Å²) >= 11 is 0. The maximum Gasteiger partial charge on any atom is 0.264 e. The maximum absolute atomic E-state index is 13.8. The van der Waals surface area contributed by atoms with E-state index < -0.39 is 6.17 Å². The molecule has 11 heteroatoms. The molecule has 3 amide bonds. The average Bonchev–Trinajstić information content (AvgIpc) is 3.33. The lowest BCUT2D eigenvalue weighted by Crippen LogP contribution is -2.50. The zero-order valence-electron chi connectivity index (χ0n) is 24.8. The molecule has 1 fully saturated rings. The molecule has 0 saturated carbocycles. The number of anilines is 1. The van der Waals surface area contributed by atoms with Crippen molar-refractivity contribution in [2.45, 2.75) is 31.5 Å². The van der Waals surface area contributed by atoms with Gasteiger partial charge >= 0.3 is 0 Å². The molecule has 11 nitrogen and oxygen atoms in total. The number of rotatable bonds is 8. The summed E-state index contributed by atoms with van der Waals surface area (Å²) in [6, 6.07) is 16.1. The fraction of sp³-hybridized carbons (Fsp3) is 0.394. The number of methoxy groups -OCH3 is 2. The SMILES string of the molecule is COc1ccc2c(c1OC)C(=O)N1c3ccccc3C(=O)N(CCC(=O)NCCN3CC4CC(C3)c3cccc(=O)n3C4)C21.